The predicted molar refractivity (Wildman–Crippen MR) is 120 cm³/mol. The standard InChI is InChI=1S/C23H25N3O4S/c1-24-22(28)21-20(16-7-5-11-25-23(16)31-21)18-14-26(12-13-30-18)19(27)10-9-15-6-3-4-8-17(15)29-2/h3-8,11,18H,9-10,12-14H2,1-2H3,(H,24,28)/t18-/m0/s1. The molecule has 4 rings (SSSR count). The number of hydrogen-bond donors (Lipinski definition) is 1. The van der Waals surface area contributed by atoms with Crippen LogP contribution in [0.5, 0.6) is 5.75 Å². The van der Waals surface area contributed by atoms with Gasteiger partial charge in [0.05, 0.1) is 20.3 Å². The lowest BCUT2D eigenvalue weighted by atomic mass is 10.0. The van der Waals surface area contributed by atoms with E-state index in [4.69, 9.17) is 9.47 Å². The fourth-order valence-corrected chi connectivity index (χ4v) is 5.05. The van der Waals surface area contributed by atoms with Crippen molar-refractivity contribution in [3.05, 3.63) is 58.6 Å². The average molecular weight is 440 g/mol. The summed E-state index contributed by atoms with van der Waals surface area (Å²) in [5, 5.41) is 3.60. The monoisotopic (exact) mass is 439 g/mol. The van der Waals surface area contributed by atoms with E-state index in [1.165, 1.54) is 11.3 Å². The Labute approximate surface area is 185 Å². The number of rotatable bonds is 6. The van der Waals surface area contributed by atoms with Crippen molar-refractivity contribution < 1.29 is 19.1 Å². The highest BCUT2D eigenvalue weighted by molar-refractivity contribution is 7.20. The van der Waals surface area contributed by atoms with Crippen LogP contribution in [0.25, 0.3) is 10.2 Å². The maximum Gasteiger partial charge on any atom is 0.261 e. The van der Waals surface area contributed by atoms with E-state index in [9.17, 15) is 9.59 Å². The molecule has 1 aliphatic rings. The topological polar surface area (TPSA) is 80.8 Å². The molecular formula is C23H25N3O4S. The fourth-order valence-electron chi connectivity index (χ4n) is 3.91. The van der Waals surface area contributed by atoms with Gasteiger partial charge in [0.2, 0.25) is 5.91 Å². The van der Waals surface area contributed by atoms with Gasteiger partial charge in [0.25, 0.3) is 5.91 Å². The number of para-hydroxylation sites is 1. The molecule has 1 fully saturated rings. The molecule has 1 aromatic carbocycles. The molecule has 0 radical (unpaired) electrons. The molecule has 2 aromatic heterocycles. The predicted octanol–water partition coefficient (Wildman–Crippen LogP) is 3.20. The van der Waals surface area contributed by atoms with Crippen molar-refractivity contribution in [2.24, 2.45) is 0 Å². The molecule has 1 aliphatic heterocycles. The lowest BCUT2D eigenvalue weighted by Crippen LogP contribution is -2.42. The van der Waals surface area contributed by atoms with E-state index in [1.807, 2.05) is 41.3 Å². The molecule has 0 saturated carbocycles. The van der Waals surface area contributed by atoms with E-state index in [1.54, 1.807) is 20.4 Å². The van der Waals surface area contributed by atoms with E-state index in [0.717, 1.165) is 27.1 Å². The molecule has 1 saturated heterocycles. The molecule has 0 spiro atoms. The molecule has 0 unspecified atom stereocenters. The number of amides is 2. The first-order valence-electron chi connectivity index (χ1n) is 10.2. The quantitative estimate of drug-likeness (QED) is 0.638. The van der Waals surface area contributed by atoms with E-state index < -0.39 is 0 Å². The Balaban J connectivity index is 1.52. The van der Waals surface area contributed by atoms with Gasteiger partial charge in [-0.05, 0) is 24.1 Å². The summed E-state index contributed by atoms with van der Waals surface area (Å²) >= 11 is 1.35. The van der Waals surface area contributed by atoms with E-state index >= 15 is 0 Å². The van der Waals surface area contributed by atoms with Crippen LogP contribution >= 0.6 is 11.3 Å². The van der Waals surface area contributed by atoms with Gasteiger partial charge in [-0.15, -0.1) is 11.3 Å². The van der Waals surface area contributed by atoms with Crippen molar-refractivity contribution in [1.82, 2.24) is 15.2 Å². The van der Waals surface area contributed by atoms with Crippen molar-refractivity contribution in [3.63, 3.8) is 0 Å². The van der Waals surface area contributed by atoms with Crippen LogP contribution in [0.4, 0.5) is 0 Å². The number of ether oxygens (including phenoxy) is 2. The molecule has 1 N–H and O–H groups in total. The van der Waals surface area contributed by atoms with Crippen LogP contribution in [0, 0.1) is 0 Å². The van der Waals surface area contributed by atoms with Gasteiger partial charge in [-0.3, -0.25) is 9.59 Å². The van der Waals surface area contributed by atoms with Crippen molar-refractivity contribution in [2.75, 3.05) is 33.9 Å². The van der Waals surface area contributed by atoms with Crippen molar-refractivity contribution in [3.8, 4) is 5.75 Å². The Bertz CT molecular complexity index is 1100. The Morgan fingerprint density at radius 2 is 2.13 bits per heavy atom. The van der Waals surface area contributed by atoms with Gasteiger partial charge in [-0.25, -0.2) is 4.98 Å². The fraction of sp³-hybridized carbons (Fsp3) is 0.348. The van der Waals surface area contributed by atoms with E-state index in [-0.39, 0.29) is 17.9 Å². The first-order chi connectivity index (χ1) is 15.1. The Hall–Kier alpha value is -2.97. The zero-order valence-corrected chi connectivity index (χ0v) is 18.4. The third kappa shape index (κ3) is 4.40. The number of benzene rings is 1. The van der Waals surface area contributed by atoms with Crippen LogP contribution in [0.15, 0.2) is 42.6 Å². The Kier molecular flexibility index (Phi) is 6.48. The first-order valence-corrected chi connectivity index (χ1v) is 11.0. The number of fused-ring (bicyclic) bond motifs is 1. The van der Waals surface area contributed by atoms with Crippen molar-refractivity contribution in [1.29, 1.82) is 0 Å². The van der Waals surface area contributed by atoms with Gasteiger partial charge in [-0.1, -0.05) is 24.3 Å². The van der Waals surface area contributed by atoms with E-state index in [0.29, 0.717) is 37.4 Å². The second-order valence-corrected chi connectivity index (χ2v) is 8.29. The number of pyridine rings is 1. The van der Waals surface area contributed by atoms with Crippen molar-refractivity contribution in [2.45, 2.75) is 18.9 Å². The number of aryl methyl sites for hydroxylation is 1. The minimum atomic E-state index is -0.366. The summed E-state index contributed by atoms with van der Waals surface area (Å²) < 4.78 is 11.4. The van der Waals surface area contributed by atoms with Gasteiger partial charge < -0.3 is 19.7 Å². The smallest absolute Gasteiger partial charge is 0.261 e. The summed E-state index contributed by atoms with van der Waals surface area (Å²) in [5.41, 5.74) is 1.83. The molecule has 3 heterocycles. The zero-order valence-electron chi connectivity index (χ0n) is 17.6. The highest BCUT2D eigenvalue weighted by Gasteiger charge is 2.31. The van der Waals surface area contributed by atoms with Crippen molar-refractivity contribution >= 4 is 33.4 Å². The van der Waals surface area contributed by atoms with Crippen LogP contribution in [0.3, 0.4) is 0 Å². The first kappa shape index (κ1) is 21.3. The summed E-state index contributed by atoms with van der Waals surface area (Å²) in [5.74, 6) is 0.696. The molecule has 1 atom stereocenters. The Morgan fingerprint density at radius 1 is 1.29 bits per heavy atom. The number of hydrogen-bond acceptors (Lipinski definition) is 6. The second kappa shape index (κ2) is 9.45. The SMILES string of the molecule is CNC(=O)c1sc2ncccc2c1[C@@H]1CN(C(=O)CCc2ccccc2OC)CCO1. The van der Waals surface area contributed by atoms with Gasteiger partial charge in [0.1, 0.15) is 21.6 Å². The molecule has 162 valence electrons. The second-order valence-electron chi connectivity index (χ2n) is 7.29. The van der Waals surface area contributed by atoms with Crippen LogP contribution in [-0.2, 0) is 16.0 Å². The van der Waals surface area contributed by atoms with Crippen LogP contribution in [0.1, 0.15) is 33.3 Å². The molecule has 7 nitrogen and oxygen atoms in total. The lowest BCUT2D eigenvalue weighted by Gasteiger charge is -2.33. The number of nitrogens with one attached hydrogen (secondary N) is 1. The van der Waals surface area contributed by atoms with Gasteiger partial charge in [0.15, 0.2) is 0 Å². The largest absolute Gasteiger partial charge is 0.496 e. The minimum Gasteiger partial charge on any atom is -0.496 e. The van der Waals surface area contributed by atoms with Crippen LogP contribution in [0.2, 0.25) is 0 Å². The molecule has 31 heavy (non-hydrogen) atoms. The molecule has 0 bridgehead atoms. The molecule has 0 aliphatic carbocycles. The Morgan fingerprint density at radius 3 is 2.94 bits per heavy atom. The number of carbonyl (C=O) groups is 2. The number of aromatic nitrogens is 1. The van der Waals surface area contributed by atoms with Crippen LogP contribution < -0.4 is 10.1 Å². The maximum absolute atomic E-state index is 13.0. The summed E-state index contributed by atoms with van der Waals surface area (Å²) in [6, 6.07) is 11.6. The highest BCUT2D eigenvalue weighted by atomic mass is 32.1. The van der Waals surface area contributed by atoms with Gasteiger partial charge in [0, 0.05) is 37.2 Å². The number of carbonyl (C=O) groups excluding carboxylic acids is 2. The summed E-state index contributed by atoms with van der Waals surface area (Å²) in [6.45, 7) is 1.38. The molecule has 3 aromatic rings. The summed E-state index contributed by atoms with van der Waals surface area (Å²) in [4.78, 5) is 33.1. The zero-order chi connectivity index (χ0) is 21.8. The number of methoxy groups -OCH3 is 1. The lowest BCUT2D eigenvalue weighted by molar-refractivity contribution is -0.138. The molecule has 2 amide bonds. The van der Waals surface area contributed by atoms with Gasteiger partial charge >= 0.3 is 0 Å². The number of nitrogens with zero attached hydrogens (tertiary/aromatic N) is 2. The third-order valence-electron chi connectivity index (χ3n) is 5.48. The average Bonchev–Trinajstić information content (AvgIpc) is 3.22. The normalized spacial score (nSPS) is 16.3. The number of thiophene rings is 1. The van der Waals surface area contributed by atoms with E-state index in [2.05, 4.69) is 10.3 Å². The number of morpholine rings is 1. The van der Waals surface area contributed by atoms with Crippen LogP contribution in [-0.4, -0.2) is 55.6 Å². The summed E-state index contributed by atoms with van der Waals surface area (Å²) in [7, 11) is 3.25. The highest BCUT2D eigenvalue weighted by Crippen LogP contribution is 2.37. The summed E-state index contributed by atoms with van der Waals surface area (Å²) in [6.07, 6.45) is 2.35. The minimum absolute atomic E-state index is 0.0679. The maximum atomic E-state index is 13.0. The van der Waals surface area contributed by atoms with Gasteiger partial charge in [-0.2, -0.15) is 0 Å². The molecular weight excluding hydrogens is 414 g/mol. The molecule has 8 heteroatoms. The third-order valence-corrected chi connectivity index (χ3v) is 6.61.